The van der Waals surface area contributed by atoms with Gasteiger partial charge in [-0.1, -0.05) is 6.07 Å². The second-order valence-corrected chi connectivity index (χ2v) is 6.20. The zero-order valence-electron chi connectivity index (χ0n) is 10.7. The smallest absolute Gasteiger partial charge is 0.284 e. The summed E-state index contributed by atoms with van der Waals surface area (Å²) in [6.45, 7) is 0.686. The van der Waals surface area contributed by atoms with Crippen LogP contribution in [0, 0.1) is 0 Å². The van der Waals surface area contributed by atoms with Gasteiger partial charge in [-0.2, -0.15) is 8.42 Å². The Hall–Kier alpha value is -1.80. The van der Waals surface area contributed by atoms with Gasteiger partial charge in [-0.05, 0) is 31.5 Å². The number of rotatable bonds is 4. The van der Waals surface area contributed by atoms with Crippen LogP contribution < -0.4 is 5.32 Å². The summed E-state index contributed by atoms with van der Waals surface area (Å²) in [4.78, 5) is 26.9. The highest BCUT2D eigenvalue weighted by atomic mass is 32.2. The molecule has 0 aromatic carbocycles. The van der Waals surface area contributed by atoms with Gasteiger partial charge in [0.2, 0.25) is 6.41 Å². The van der Waals surface area contributed by atoms with Gasteiger partial charge < -0.3 is 5.32 Å². The monoisotopic (exact) mass is 297 g/mol. The molecule has 0 aliphatic carbocycles. The molecule has 0 radical (unpaired) electrons. The fourth-order valence-corrected chi connectivity index (χ4v) is 3.42. The summed E-state index contributed by atoms with van der Waals surface area (Å²) in [6, 6.07) is 3.42. The van der Waals surface area contributed by atoms with Crippen molar-refractivity contribution in [3.63, 3.8) is 0 Å². The number of hydrogen-bond acceptors (Lipinski definition) is 6. The van der Waals surface area contributed by atoms with Crippen molar-refractivity contribution in [1.29, 1.82) is 0 Å². The number of amides is 1. The number of nitrogens with zero attached hydrogens (tertiary/aromatic N) is 2. The van der Waals surface area contributed by atoms with Gasteiger partial charge in [0.25, 0.3) is 10.0 Å². The summed E-state index contributed by atoms with van der Waals surface area (Å²) in [7, 11) is -4.09. The lowest BCUT2D eigenvalue weighted by molar-refractivity contribution is -0.126. The molecular formula is C12H15N3O4S. The molecule has 0 saturated carbocycles. The fraction of sp³-hybridized carbons (Fsp3) is 0.417. The summed E-state index contributed by atoms with van der Waals surface area (Å²) in [5.41, 5.74) is 0. The number of Topliss-reactive ketones (excluding diaryl/α,β-unsaturated/α-hetero) is 1. The molecule has 1 aliphatic heterocycles. The molecule has 7 nitrogen and oxygen atoms in total. The number of hydrogen-bond donors (Lipinski definition) is 1. The summed E-state index contributed by atoms with van der Waals surface area (Å²) >= 11 is 0. The number of aromatic nitrogens is 1. The molecule has 0 unspecified atom stereocenters. The maximum absolute atomic E-state index is 12.4. The quantitative estimate of drug-likeness (QED) is 0.756. The first-order valence-electron chi connectivity index (χ1n) is 6.20. The summed E-state index contributed by atoms with van der Waals surface area (Å²) < 4.78 is 25.3. The Labute approximate surface area is 117 Å². The number of sulfonamides is 1. The molecule has 2 heterocycles. The first-order valence-corrected chi connectivity index (χ1v) is 7.64. The molecule has 1 aromatic rings. The van der Waals surface area contributed by atoms with E-state index in [1.165, 1.54) is 18.3 Å². The van der Waals surface area contributed by atoms with Crippen molar-refractivity contribution in [2.45, 2.75) is 23.9 Å². The van der Waals surface area contributed by atoms with Crippen molar-refractivity contribution in [2.75, 3.05) is 13.1 Å². The SMILES string of the molecule is O=CN([C@H]1CCCNCC1=O)S(=O)(=O)c1ccccn1. The van der Waals surface area contributed by atoms with E-state index < -0.39 is 16.1 Å². The van der Waals surface area contributed by atoms with Crippen molar-refractivity contribution in [3.8, 4) is 0 Å². The van der Waals surface area contributed by atoms with Gasteiger partial charge in [0.15, 0.2) is 10.8 Å². The minimum absolute atomic E-state index is 0.0622. The van der Waals surface area contributed by atoms with Crippen molar-refractivity contribution >= 4 is 22.2 Å². The molecule has 1 N–H and O–H groups in total. The highest BCUT2D eigenvalue weighted by Gasteiger charge is 2.35. The summed E-state index contributed by atoms with van der Waals surface area (Å²) in [5.74, 6) is -0.311. The highest BCUT2D eigenvalue weighted by Crippen LogP contribution is 2.18. The van der Waals surface area contributed by atoms with E-state index >= 15 is 0 Å². The summed E-state index contributed by atoms with van der Waals surface area (Å²) in [6.07, 6.45) is 2.46. The van der Waals surface area contributed by atoms with E-state index in [9.17, 15) is 18.0 Å². The molecule has 1 aliphatic rings. The van der Waals surface area contributed by atoms with Crippen LogP contribution in [0.4, 0.5) is 0 Å². The van der Waals surface area contributed by atoms with Gasteiger partial charge >= 0.3 is 0 Å². The molecule has 1 amide bonds. The zero-order chi connectivity index (χ0) is 14.6. The normalized spacial score (nSPS) is 20.2. The lowest BCUT2D eigenvalue weighted by Crippen LogP contribution is -2.45. The topological polar surface area (TPSA) is 96.4 Å². The maximum atomic E-state index is 12.4. The number of carbonyl (C=O) groups excluding carboxylic acids is 2. The van der Waals surface area contributed by atoms with Crippen molar-refractivity contribution in [1.82, 2.24) is 14.6 Å². The minimum atomic E-state index is -4.09. The van der Waals surface area contributed by atoms with E-state index in [1.807, 2.05) is 0 Å². The van der Waals surface area contributed by atoms with E-state index in [0.717, 1.165) is 0 Å². The van der Waals surface area contributed by atoms with Crippen LogP contribution in [0.1, 0.15) is 12.8 Å². The van der Waals surface area contributed by atoms with Gasteiger partial charge in [0.1, 0.15) is 6.04 Å². The Kier molecular flexibility index (Phi) is 4.46. The van der Waals surface area contributed by atoms with Gasteiger partial charge in [-0.25, -0.2) is 9.29 Å². The number of carbonyl (C=O) groups is 2. The average Bonchev–Trinajstić information content (AvgIpc) is 2.66. The molecule has 1 aromatic heterocycles. The lowest BCUT2D eigenvalue weighted by atomic mass is 10.1. The first-order chi connectivity index (χ1) is 9.57. The Bertz CT molecular complexity index is 588. The van der Waals surface area contributed by atoms with Crippen molar-refractivity contribution in [2.24, 2.45) is 0 Å². The molecule has 8 heteroatoms. The number of nitrogens with one attached hydrogen (secondary N) is 1. The fourth-order valence-electron chi connectivity index (χ4n) is 2.09. The van der Waals surface area contributed by atoms with Crippen LogP contribution in [0.5, 0.6) is 0 Å². The predicted molar refractivity (Wildman–Crippen MR) is 70.2 cm³/mol. The molecule has 1 fully saturated rings. The minimum Gasteiger partial charge on any atom is -0.310 e. The van der Waals surface area contributed by atoms with Crippen molar-refractivity contribution < 1.29 is 18.0 Å². The average molecular weight is 297 g/mol. The van der Waals surface area contributed by atoms with Crippen LogP contribution in [0.3, 0.4) is 0 Å². The molecule has 1 saturated heterocycles. The third-order valence-corrected chi connectivity index (χ3v) is 4.76. The Balaban J connectivity index is 2.36. The van der Waals surface area contributed by atoms with Gasteiger partial charge in [0, 0.05) is 6.20 Å². The highest BCUT2D eigenvalue weighted by molar-refractivity contribution is 7.89. The molecule has 1 atom stereocenters. The van der Waals surface area contributed by atoms with Crippen LogP contribution in [-0.4, -0.2) is 49.0 Å². The van der Waals surface area contributed by atoms with Crippen LogP contribution in [0.2, 0.25) is 0 Å². The second-order valence-electron chi connectivity index (χ2n) is 4.41. The van der Waals surface area contributed by atoms with Crippen LogP contribution in [0.25, 0.3) is 0 Å². The summed E-state index contributed by atoms with van der Waals surface area (Å²) in [5, 5.41) is 2.66. The van der Waals surface area contributed by atoms with E-state index in [1.54, 1.807) is 6.07 Å². The zero-order valence-corrected chi connectivity index (χ0v) is 11.5. The molecule has 0 spiro atoms. The maximum Gasteiger partial charge on any atom is 0.284 e. The predicted octanol–water partition coefficient (Wildman–Crippen LogP) is -0.450. The van der Waals surface area contributed by atoms with E-state index in [2.05, 4.69) is 10.3 Å². The molecule has 108 valence electrons. The van der Waals surface area contributed by atoms with Crippen LogP contribution >= 0.6 is 0 Å². The van der Waals surface area contributed by atoms with Crippen LogP contribution in [0.15, 0.2) is 29.4 Å². The largest absolute Gasteiger partial charge is 0.310 e. The van der Waals surface area contributed by atoms with Gasteiger partial charge in [-0.15, -0.1) is 0 Å². The molecule has 20 heavy (non-hydrogen) atoms. The molecule has 0 bridgehead atoms. The lowest BCUT2D eigenvalue weighted by Gasteiger charge is -2.24. The number of ketones is 1. The molecule has 2 rings (SSSR count). The van der Waals surface area contributed by atoms with E-state index in [0.29, 0.717) is 23.7 Å². The van der Waals surface area contributed by atoms with Crippen molar-refractivity contribution in [3.05, 3.63) is 24.4 Å². The second kappa shape index (κ2) is 6.10. The number of pyridine rings is 1. The Morgan fingerprint density at radius 3 is 2.85 bits per heavy atom. The standard InChI is InChI=1S/C12H15N3O4S/c16-9-15(10-4-3-6-13-8-11(10)17)20(18,19)12-5-1-2-7-14-12/h1-2,5,7,9-10,13H,3-4,6,8H2/t10-/m0/s1. The van der Waals surface area contributed by atoms with E-state index in [4.69, 9.17) is 0 Å². The Morgan fingerprint density at radius 1 is 1.40 bits per heavy atom. The molecular weight excluding hydrogens is 282 g/mol. The van der Waals surface area contributed by atoms with Crippen LogP contribution in [-0.2, 0) is 19.6 Å². The van der Waals surface area contributed by atoms with Gasteiger partial charge in [0.05, 0.1) is 6.54 Å². The third-order valence-electron chi connectivity index (χ3n) is 3.09. The Morgan fingerprint density at radius 2 is 2.20 bits per heavy atom. The van der Waals surface area contributed by atoms with Gasteiger partial charge in [-0.3, -0.25) is 9.59 Å². The third kappa shape index (κ3) is 2.86. The first kappa shape index (κ1) is 14.6. The van der Waals surface area contributed by atoms with E-state index in [-0.39, 0.29) is 23.8 Å².